The van der Waals surface area contributed by atoms with E-state index < -0.39 is 0 Å². The SMILES string of the molecule is CC1CCNCC1NC(=O)c1ccccn1.Cl.Cl. The van der Waals surface area contributed by atoms with Crippen molar-refractivity contribution in [1.29, 1.82) is 0 Å². The van der Waals surface area contributed by atoms with E-state index in [2.05, 4.69) is 22.5 Å². The lowest BCUT2D eigenvalue weighted by molar-refractivity contribution is 0.0910. The van der Waals surface area contributed by atoms with Gasteiger partial charge in [0.15, 0.2) is 0 Å². The molecule has 2 heterocycles. The van der Waals surface area contributed by atoms with Crippen molar-refractivity contribution in [3.8, 4) is 0 Å². The van der Waals surface area contributed by atoms with Gasteiger partial charge in [-0.15, -0.1) is 24.8 Å². The van der Waals surface area contributed by atoms with Crippen molar-refractivity contribution in [2.75, 3.05) is 13.1 Å². The second-order valence-electron chi connectivity index (χ2n) is 4.27. The number of hydrogen-bond donors (Lipinski definition) is 2. The zero-order valence-electron chi connectivity index (χ0n) is 10.3. The van der Waals surface area contributed by atoms with Crippen LogP contribution in [-0.4, -0.2) is 30.0 Å². The van der Waals surface area contributed by atoms with Crippen LogP contribution in [0.4, 0.5) is 0 Å². The van der Waals surface area contributed by atoms with Crippen LogP contribution in [0.1, 0.15) is 23.8 Å². The Hall–Kier alpha value is -0.840. The summed E-state index contributed by atoms with van der Waals surface area (Å²) in [6, 6.07) is 5.57. The van der Waals surface area contributed by atoms with E-state index >= 15 is 0 Å². The predicted molar refractivity (Wildman–Crippen MR) is 76.6 cm³/mol. The number of carbonyl (C=O) groups is 1. The van der Waals surface area contributed by atoms with E-state index in [1.54, 1.807) is 12.3 Å². The number of rotatable bonds is 2. The summed E-state index contributed by atoms with van der Waals surface area (Å²) in [5.41, 5.74) is 0.486. The lowest BCUT2D eigenvalue weighted by Gasteiger charge is -2.30. The van der Waals surface area contributed by atoms with Gasteiger partial charge < -0.3 is 10.6 Å². The molecule has 1 amide bonds. The highest BCUT2D eigenvalue weighted by molar-refractivity contribution is 5.92. The predicted octanol–water partition coefficient (Wildman–Crippen LogP) is 1.65. The number of nitrogens with one attached hydrogen (secondary N) is 2. The van der Waals surface area contributed by atoms with Crippen LogP contribution >= 0.6 is 24.8 Å². The highest BCUT2D eigenvalue weighted by Gasteiger charge is 2.23. The molecule has 18 heavy (non-hydrogen) atoms. The summed E-state index contributed by atoms with van der Waals surface area (Å²) in [6.45, 7) is 4.06. The number of aromatic nitrogens is 1. The quantitative estimate of drug-likeness (QED) is 0.871. The molecule has 0 radical (unpaired) electrons. The fraction of sp³-hybridized carbons (Fsp3) is 0.500. The third kappa shape index (κ3) is 4.44. The normalized spacial score (nSPS) is 22.3. The van der Waals surface area contributed by atoms with E-state index in [1.807, 2.05) is 12.1 Å². The number of carbonyl (C=O) groups excluding carboxylic acids is 1. The van der Waals surface area contributed by atoms with E-state index in [0.717, 1.165) is 19.5 Å². The standard InChI is InChI=1S/C12H17N3O.2ClH/c1-9-5-7-13-8-11(9)15-12(16)10-4-2-3-6-14-10;;/h2-4,6,9,11,13H,5,7-8H2,1H3,(H,15,16);2*1H. The molecule has 0 spiro atoms. The van der Waals surface area contributed by atoms with Gasteiger partial charge in [-0.25, -0.2) is 0 Å². The average molecular weight is 292 g/mol. The van der Waals surface area contributed by atoms with Gasteiger partial charge in [0.2, 0.25) is 0 Å². The minimum Gasteiger partial charge on any atom is -0.346 e. The maximum Gasteiger partial charge on any atom is 0.270 e. The molecule has 1 aromatic heterocycles. The molecular weight excluding hydrogens is 273 g/mol. The highest BCUT2D eigenvalue weighted by atomic mass is 35.5. The summed E-state index contributed by atoms with van der Waals surface area (Å²) in [7, 11) is 0. The van der Waals surface area contributed by atoms with Crippen LogP contribution < -0.4 is 10.6 Å². The van der Waals surface area contributed by atoms with Gasteiger partial charge in [-0.05, 0) is 31.0 Å². The van der Waals surface area contributed by atoms with Gasteiger partial charge in [-0.2, -0.15) is 0 Å². The summed E-state index contributed by atoms with van der Waals surface area (Å²) in [5.74, 6) is 0.440. The van der Waals surface area contributed by atoms with Gasteiger partial charge in [-0.1, -0.05) is 13.0 Å². The summed E-state index contributed by atoms with van der Waals surface area (Å²) >= 11 is 0. The molecule has 4 nitrogen and oxygen atoms in total. The van der Waals surface area contributed by atoms with Crippen LogP contribution in [0.2, 0.25) is 0 Å². The molecular formula is C12H19Cl2N3O. The molecule has 2 N–H and O–H groups in total. The van der Waals surface area contributed by atoms with E-state index in [4.69, 9.17) is 0 Å². The molecule has 2 unspecified atom stereocenters. The molecule has 102 valence electrons. The molecule has 0 aliphatic carbocycles. The lowest BCUT2D eigenvalue weighted by Crippen LogP contribution is -2.50. The third-order valence-electron chi connectivity index (χ3n) is 3.04. The van der Waals surface area contributed by atoms with Gasteiger partial charge in [0.05, 0.1) is 0 Å². The van der Waals surface area contributed by atoms with Crippen LogP contribution in [0.3, 0.4) is 0 Å². The first kappa shape index (κ1) is 17.2. The van der Waals surface area contributed by atoms with Crippen molar-refractivity contribution < 1.29 is 4.79 Å². The molecule has 1 aliphatic heterocycles. The van der Waals surface area contributed by atoms with Crippen LogP contribution in [0.15, 0.2) is 24.4 Å². The monoisotopic (exact) mass is 291 g/mol. The molecule has 2 rings (SSSR count). The van der Waals surface area contributed by atoms with Crippen LogP contribution in [0.5, 0.6) is 0 Å². The molecule has 1 fully saturated rings. The molecule has 2 atom stereocenters. The van der Waals surface area contributed by atoms with Gasteiger partial charge in [-0.3, -0.25) is 9.78 Å². The first-order valence-electron chi connectivity index (χ1n) is 5.70. The number of pyridine rings is 1. The number of nitrogens with zero attached hydrogens (tertiary/aromatic N) is 1. The van der Waals surface area contributed by atoms with Gasteiger partial charge in [0.1, 0.15) is 5.69 Å². The molecule has 1 aliphatic rings. The second kappa shape index (κ2) is 8.29. The Balaban J connectivity index is 0.00000144. The Bertz CT molecular complexity index is 362. The van der Waals surface area contributed by atoms with Crippen LogP contribution in [0.25, 0.3) is 0 Å². The fourth-order valence-electron chi connectivity index (χ4n) is 1.92. The Morgan fingerprint density at radius 2 is 2.22 bits per heavy atom. The van der Waals surface area contributed by atoms with Crippen molar-refractivity contribution >= 4 is 30.7 Å². The zero-order chi connectivity index (χ0) is 11.4. The van der Waals surface area contributed by atoms with Crippen molar-refractivity contribution in [2.24, 2.45) is 5.92 Å². The molecule has 1 aromatic rings. The number of piperidine rings is 1. The first-order chi connectivity index (χ1) is 7.77. The van der Waals surface area contributed by atoms with E-state index in [0.29, 0.717) is 11.6 Å². The van der Waals surface area contributed by atoms with E-state index in [-0.39, 0.29) is 36.8 Å². The topological polar surface area (TPSA) is 54.0 Å². The first-order valence-corrected chi connectivity index (χ1v) is 5.70. The molecule has 0 aromatic carbocycles. The molecule has 0 saturated carbocycles. The van der Waals surface area contributed by atoms with Gasteiger partial charge >= 0.3 is 0 Å². The van der Waals surface area contributed by atoms with E-state index in [1.165, 1.54) is 0 Å². The third-order valence-corrected chi connectivity index (χ3v) is 3.04. The minimum absolute atomic E-state index is 0. The molecule has 1 saturated heterocycles. The number of amides is 1. The second-order valence-corrected chi connectivity index (χ2v) is 4.27. The number of halogens is 2. The summed E-state index contributed by atoms with van der Waals surface area (Å²) in [4.78, 5) is 15.9. The Morgan fingerprint density at radius 3 is 2.83 bits per heavy atom. The fourth-order valence-corrected chi connectivity index (χ4v) is 1.92. The van der Waals surface area contributed by atoms with E-state index in [9.17, 15) is 4.79 Å². The van der Waals surface area contributed by atoms with Crippen molar-refractivity contribution in [3.05, 3.63) is 30.1 Å². The molecule has 0 bridgehead atoms. The highest BCUT2D eigenvalue weighted by Crippen LogP contribution is 2.11. The van der Waals surface area contributed by atoms with Crippen molar-refractivity contribution in [1.82, 2.24) is 15.6 Å². The summed E-state index contributed by atoms with van der Waals surface area (Å²) in [5, 5.41) is 6.31. The van der Waals surface area contributed by atoms with Gasteiger partial charge in [0, 0.05) is 18.8 Å². The minimum atomic E-state index is -0.0823. The van der Waals surface area contributed by atoms with Crippen molar-refractivity contribution in [2.45, 2.75) is 19.4 Å². The average Bonchev–Trinajstić information content (AvgIpc) is 2.33. The van der Waals surface area contributed by atoms with Crippen LogP contribution in [-0.2, 0) is 0 Å². The number of hydrogen-bond acceptors (Lipinski definition) is 3. The zero-order valence-corrected chi connectivity index (χ0v) is 11.9. The Kier molecular flexibility index (Phi) is 7.91. The summed E-state index contributed by atoms with van der Waals surface area (Å²) < 4.78 is 0. The van der Waals surface area contributed by atoms with Crippen LogP contribution in [0, 0.1) is 5.92 Å². The summed E-state index contributed by atoms with van der Waals surface area (Å²) in [6.07, 6.45) is 2.74. The lowest BCUT2D eigenvalue weighted by atomic mass is 9.95. The largest absolute Gasteiger partial charge is 0.346 e. The maximum absolute atomic E-state index is 11.9. The Labute approximate surface area is 120 Å². The van der Waals surface area contributed by atoms with Gasteiger partial charge in [0.25, 0.3) is 5.91 Å². The smallest absolute Gasteiger partial charge is 0.270 e. The van der Waals surface area contributed by atoms with Crippen molar-refractivity contribution in [3.63, 3.8) is 0 Å². The molecule has 6 heteroatoms. The Morgan fingerprint density at radius 1 is 1.44 bits per heavy atom. The maximum atomic E-state index is 11.9.